The van der Waals surface area contributed by atoms with Gasteiger partial charge in [0, 0.05) is 22.9 Å². The minimum atomic E-state index is 0.445. The number of nitrogens with two attached hydrogens (primary N) is 1. The molecule has 0 heterocycles. The molecule has 0 fully saturated rings. The Balaban J connectivity index is 2.56. The fraction of sp³-hybridized carbons (Fsp3) is 0.483. The van der Waals surface area contributed by atoms with Crippen LogP contribution in [-0.4, -0.2) is 11.9 Å². The summed E-state index contributed by atoms with van der Waals surface area (Å²) in [6.45, 7) is 20.3. The first-order valence-corrected chi connectivity index (χ1v) is 15.7. The summed E-state index contributed by atoms with van der Waals surface area (Å²) in [5, 5.41) is 2.41. The van der Waals surface area contributed by atoms with Crippen molar-refractivity contribution in [2.24, 2.45) is 4.99 Å². The summed E-state index contributed by atoms with van der Waals surface area (Å²) in [7, 11) is 0.685. The molecule has 0 spiro atoms. The molecule has 1 atom stereocenters. The van der Waals surface area contributed by atoms with Crippen molar-refractivity contribution in [1.82, 2.24) is 0 Å². The zero-order valence-corrected chi connectivity index (χ0v) is 24.5. The third kappa shape index (κ3) is 7.61. The molecule has 0 saturated carbocycles. The van der Waals surface area contributed by atoms with Crippen LogP contribution in [0.1, 0.15) is 108 Å². The lowest BCUT2D eigenvalue weighted by atomic mass is 9.92. The van der Waals surface area contributed by atoms with Crippen LogP contribution in [-0.2, 0) is 0 Å². The lowest BCUT2D eigenvalue weighted by Crippen LogP contribution is -2.77. The summed E-state index contributed by atoms with van der Waals surface area (Å²) >= 11 is 3.70. The van der Waals surface area contributed by atoms with Crippen molar-refractivity contribution in [2.75, 3.05) is 6.16 Å². The normalized spacial score (nSPS) is 13.5. The molecule has 180 valence electrons. The number of quaternary nitrogens is 1. The molecule has 33 heavy (non-hydrogen) atoms. The molecule has 1 unspecified atom stereocenters. The third-order valence-corrected chi connectivity index (χ3v) is 7.43. The molecule has 0 aliphatic heterocycles. The van der Waals surface area contributed by atoms with Gasteiger partial charge in [-0.1, -0.05) is 107 Å². The first-order valence-electron chi connectivity index (χ1n) is 12.3. The van der Waals surface area contributed by atoms with Crippen LogP contribution in [0.25, 0.3) is 0 Å². The average Bonchev–Trinajstić information content (AvgIpc) is 2.73. The molecule has 2 aromatic carbocycles. The molecule has 0 aliphatic carbocycles. The van der Waals surface area contributed by atoms with E-state index in [0.717, 1.165) is 17.6 Å². The molecule has 0 aliphatic rings. The minimum Gasteiger partial charge on any atom is -0.284 e. The van der Waals surface area contributed by atoms with E-state index >= 15 is 0 Å². The van der Waals surface area contributed by atoms with E-state index in [1.807, 2.05) is 0 Å². The predicted molar refractivity (Wildman–Crippen MR) is 154 cm³/mol. The zero-order chi connectivity index (χ0) is 24.7. The summed E-state index contributed by atoms with van der Waals surface area (Å²) < 4.78 is 0. The predicted octanol–water partition coefficient (Wildman–Crippen LogP) is 9.04. The van der Waals surface area contributed by atoms with Gasteiger partial charge >= 0.3 is 0 Å². The van der Waals surface area contributed by atoms with Crippen LogP contribution < -0.4 is 5.32 Å². The van der Waals surface area contributed by atoms with Crippen molar-refractivity contribution in [3.05, 3.63) is 70.4 Å². The van der Waals surface area contributed by atoms with E-state index in [9.17, 15) is 0 Å². The Morgan fingerprint density at radius 3 is 1.64 bits per heavy atom. The lowest BCUT2D eigenvalue weighted by Gasteiger charge is -2.18. The Morgan fingerprint density at radius 1 is 0.818 bits per heavy atom. The molecule has 0 radical (unpaired) electrons. The Labute approximate surface area is 212 Å². The number of nitrogens with zero attached hydrogens (tertiary/aromatic N) is 1. The van der Waals surface area contributed by atoms with Gasteiger partial charge in [0.15, 0.2) is 0 Å². The topological polar surface area (TPSA) is 29.0 Å². The van der Waals surface area contributed by atoms with Crippen molar-refractivity contribution in [3.63, 3.8) is 0 Å². The zero-order valence-electron chi connectivity index (χ0n) is 22.0. The van der Waals surface area contributed by atoms with E-state index in [1.54, 1.807) is 0 Å². The van der Waals surface area contributed by atoms with E-state index in [0.29, 0.717) is 31.0 Å². The number of aliphatic imine (C=N–C) groups is 1. The van der Waals surface area contributed by atoms with Crippen LogP contribution in [0, 0.1) is 0 Å². The molecule has 2 N–H and O–H groups in total. The summed E-state index contributed by atoms with van der Waals surface area (Å²) in [4.78, 5) is 5.19. The van der Waals surface area contributed by atoms with Gasteiger partial charge in [0.1, 0.15) is 11.4 Å². The highest BCUT2D eigenvalue weighted by atomic mass is 79.9. The van der Waals surface area contributed by atoms with Crippen molar-refractivity contribution in [1.29, 1.82) is 0 Å². The fourth-order valence-electron chi connectivity index (χ4n) is 4.30. The van der Waals surface area contributed by atoms with Crippen molar-refractivity contribution in [2.45, 2.75) is 86.0 Å². The van der Waals surface area contributed by atoms with Crippen LogP contribution in [0.15, 0.2) is 53.2 Å². The monoisotopic (exact) mass is 529 g/mol. The van der Waals surface area contributed by atoms with Crippen molar-refractivity contribution < 1.29 is 5.32 Å². The maximum atomic E-state index is 5.19. The number of hydrogen-bond donors (Lipinski definition) is 1. The number of para-hydroxylation sites is 2. The molecule has 2 nitrogen and oxygen atoms in total. The maximum absolute atomic E-state index is 5.19. The molecule has 0 bridgehead atoms. The van der Waals surface area contributed by atoms with Gasteiger partial charge < -0.3 is 0 Å². The molecular weight excluding hydrogens is 487 g/mol. The van der Waals surface area contributed by atoms with Crippen LogP contribution in [0.2, 0.25) is 0 Å². The van der Waals surface area contributed by atoms with E-state index < -0.39 is 0 Å². The number of hydrogen-bond acceptors (Lipinski definition) is 1. The van der Waals surface area contributed by atoms with Crippen LogP contribution in [0.4, 0.5) is 11.4 Å². The molecule has 0 saturated heterocycles. The van der Waals surface area contributed by atoms with Crippen LogP contribution in [0.5, 0.6) is 0 Å². The molecular formula is C29H43BrN2P+. The van der Waals surface area contributed by atoms with E-state index in [-0.39, 0.29) is 0 Å². The summed E-state index contributed by atoms with van der Waals surface area (Å²) in [5.74, 6) is 1.87. The average molecular weight is 531 g/mol. The highest BCUT2D eigenvalue weighted by Gasteiger charge is 2.19. The second-order valence-electron chi connectivity index (χ2n) is 10.2. The number of rotatable bonds is 10. The summed E-state index contributed by atoms with van der Waals surface area (Å²) in [6, 6.07) is 13.4. The van der Waals surface area contributed by atoms with Gasteiger partial charge in [-0.25, -0.2) is 0 Å². The Bertz CT molecular complexity index is 935. The summed E-state index contributed by atoms with van der Waals surface area (Å²) in [6.07, 6.45) is 3.29. The first-order chi connectivity index (χ1) is 15.6. The largest absolute Gasteiger partial charge is 0.284 e. The SMILES string of the molecule is CC(/C=C(\CPBr)[NH2+]c1c(C(C)C)cccc1C(C)C)=Nc1c(C(C)C)cccc1C(C)C. The highest BCUT2D eigenvalue weighted by Crippen LogP contribution is 2.35. The molecule has 4 heteroatoms. The van der Waals surface area contributed by atoms with Crippen LogP contribution in [0.3, 0.4) is 0 Å². The van der Waals surface area contributed by atoms with E-state index in [1.165, 1.54) is 33.6 Å². The number of allylic oxidation sites excluding steroid dienone is 2. The van der Waals surface area contributed by atoms with E-state index in [2.05, 4.69) is 126 Å². The number of halogens is 1. The summed E-state index contributed by atoms with van der Waals surface area (Å²) in [5.41, 5.74) is 10.4. The van der Waals surface area contributed by atoms with Crippen LogP contribution >= 0.6 is 22.8 Å². The second kappa shape index (κ2) is 13.0. The maximum Gasteiger partial charge on any atom is 0.141 e. The Hall–Kier alpha value is -1.28. The molecule has 2 aromatic rings. The molecule has 2 rings (SSSR count). The smallest absolute Gasteiger partial charge is 0.141 e. The number of benzene rings is 2. The Kier molecular flexibility index (Phi) is 11.0. The van der Waals surface area contributed by atoms with Crippen molar-refractivity contribution >= 4 is 39.9 Å². The van der Waals surface area contributed by atoms with Gasteiger partial charge in [0.2, 0.25) is 0 Å². The standard InChI is InChI=1S/C29H42BrN2P/c1-18(2)24-12-10-13-25(19(3)4)28(24)31-22(9)16-23(17-33-30)32-29-26(20(5)6)14-11-15-27(29)21(7)8/h10-16,18-21,32-33H,17H2,1-9H3/p+1/b23-16+,31-22?. The Morgan fingerprint density at radius 2 is 1.24 bits per heavy atom. The van der Waals surface area contributed by atoms with Gasteiger partial charge in [-0.15, -0.1) is 0 Å². The van der Waals surface area contributed by atoms with Gasteiger partial charge in [-0.3, -0.25) is 10.3 Å². The van der Waals surface area contributed by atoms with E-state index in [4.69, 9.17) is 4.99 Å². The van der Waals surface area contributed by atoms with Gasteiger partial charge in [-0.2, -0.15) is 0 Å². The van der Waals surface area contributed by atoms with Gasteiger partial charge in [0.25, 0.3) is 0 Å². The fourth-order valence-corrected chi connectivity index (χ4v) is 5.63. The van der Waals surface area contributed by atoms with Gasteiger partial charge in [0.05, 0.1) is 11.8 Å². The van der Waals surface area contributed by atoms with Crippen molar-refractivity contribution in [3.8, 4) is 0 Å². The first kappa shape index (κ1) is 28.0. The quantitative estimate of drug-likeness (QED) is 0.180. The highest BCUT2D eigenvalue weighted by molar-refractivity contribution is 9.36. The minimum absolute atomic E-state index is 0.445. The third-order valence-electron chi connectivity index (χ3n) is 6.04. The second-order valence-corrected chi connectivity index (χ2v) is 12.5. The van der Waals surface area contributed by atoms with Gasteiger partial charge in [-0.05, 0) is 49.0 Å². The molecule has 0 amide bonds. The lowest BCUT2D eigenvalue weighted by molar-refractivity contribution is -0.517. The molecule has 0 aromatic heterocycles.